The summed E-state index contributed by atoms with van der Waals surface area (Å²) in [7, 11) is 0. The second-order valence-electron chi connectivity index (χ2n) is 5.39. The van der Waals surface area contributed by atoms with Crippen molar-refractivity contribution in [2.24, 2.45) is 0 Å². The summed E-state index contributed by atoms with van der Waals surface area (Å²) < 4.78 is 0. The van der Waals surface area contributed by atoms with Crippen molar-refractivity contribution in [3.63, 3.8) is 0 Å². The highest BCUT2D eigenvalue weighted by Gasteiger charge is 2.31. The predicted octanol–water partition coefficient (Wildman–Crippen LogP) is 4.64. The fraction of sp³-hybridized carbons (Fsp3) is 0.238. The fourth-order valence-electron chi connectivity index (χ4n) is 2.49. The maximum absolute atomic E-state index is 5.97. The molecule has 0 aliphatic heterocycles. The summed E-state index contributed by atoms with van der Waals surface area (Å²) in [6.45, 7) is 6.02. The zero-order valence-electron chi connectivity index (χ0n) is 12.9. The van der Waals surface area contributed by atoms with Crippen LogP contribution in [0.5, 0.6) is 0 Å². The van der Waals surface area contributed by atoms with Gasteiger partial charge in [-0.15, -0.1) is 18.3 Å². The lowest BCUT2D eigenvalue weighted by atomic mass is 9.72. The minimum atomic E-state index is -0.482. The van der Waals surface area contributed by atoms with Crippen molar-refractivity contribution >= 4 is 0 Å². The van der Waals surface area contributed by atoms with E-state index in [2.05, 4.69) is 80.1 Å². The Balaban J connectivity index is 2.62. The van der Waals surface area contributed by atoms with E-state index < -0.39 is 5.41 Å². The molecule has 0 atom stereocenters. The van der Waals surface area contributed by atoms with Gasteiger partial charge < -0.3 is 0 Å². The zero-order valence-corrected chi connectivity index (χ0v) is 12.9. The Labute approximate surface area is 128 Å². The van der Waals surface area contributed by atoms with Crippen LogP contribution in [0.2, 0.25) is 0 Å². The highest BCUT2D eigenvalue weighted by atomic mass is 14.3. The van der Waals surface area contributed by atoms with Crippen molar-refractivity contribution in [3.05, 3.63) is 70.8 Å². The molecule has 0 saturated carbocycles. The normalized spacial score (nSPS) is 10.4. The summed E-state index contributed by atoms with van der Waals surface area (Å²) in [4.78, 5) is 0. The van der Waals surface area contributed by atoms with E-state index in [1.807, 2.05) is 6.92 Å². The number of hydrogen-bond acceptors (Lipinski definition) is 0. The van der Waals surface area contributed by atoms with Crippen LogP contribution >= 0.6 is 0 Å². The van der Waals surface area contributed by atoms with Gasteiger partial charge in [0.1, 0.15) is 0 Å². The highest BCUT2D eigenvalue weighted by molar-refractivity contribution is 5.49. The Kier molecular flexibility index (Phi) is 4.52. The molecule has 0 heterocycles. The molecule has 0 aromatic heterocycles. The Bertz CT molecular complexity index is 652. The van der Waals surface area contributed by atoms with Gasteiger partial charge in [-0.2, -0.15) is 0 Å². The number of terminal acetylenes is 1. The van der Waals surface area contributed by atoms with Gasteiger partial charge in [0.05, 0.1) is 5.41 Å². The molecule has 0 heteroatoms. The van der Waals surface area contributed by atoms with E-state index in [9.17, 15) is 0 Å². The lowest BCUT2D eigenvalue weighted by molar-refractivity contribution is 0.692. The molecule has 104 valence electrons. The van der Waals surface area contributed by atoms with Crippen molar-refractivity contribution in [1.82, 2.24) is 0 Å². The van der Waals surface area contributed by atoms with Gasteiger partial charge in [0.25, 0.3) is 0 Å². The van der Waals surface area contributed by atoms with Gasteiger partial charge >= 0.3 is 0 Å². The van der Waals surface area contributed by atoms with Crippen LogP contribution in [-0.2, 0) is 5.41 Å². The zero-order chi connectivity index (χ0) is 15.3. The molecule has 0 N–H and O–H groups in total. The molecule has 0 aliphatic rings. The lowest BCUT2D eigenvalue weighted by Crippen LogP contribution is -2.25. The van der Waals surface area contributed by atoms with E-state index in [4.69, 9.17) is 6.42 Å². The van der Waals surface area contributed by atoms with Crippen molar-refractivity contribution < 1.29 is 0 Å². The van der Waals surface area contributed by atoms with Crippen LogP contribution in [0, 0.1) is 38.0 Å². The van der Waals surface area contributed by atoms with Gasteiger partial charge in [-0.25, -0.2) is 0 Å². The molecule has 0 nitrogen and oxygen atoms in total. The number of aryl methyl sites for hydroxylation is 2. The van der Waals surface area contributed by atoms with Crippen LogP contribution in [0.25, 0.3) is 0 Å². The van der Waals surface area contributed by atoms with Gasteiger partial charge in [-0.1, -0.05) is 65.6 Å². The Morgan fingerprint density at radius 2 is 1.29 bits per heavy atom. The Morgan fingerprint density at radius 1 is 0.857 bits per heavy atom. The quantitative estimate of drug-likeness (QED) is 0.714. The summed E-state index contributed by atoms with van der Waals surface area (Å²) in [5.41, 5.74) is 4.24. The van der Waals surface area contributed by atoms with E-state index in [1.165, 1.54) is 11.1 Å². The second-order valence-corrected chi connectivity index (χ2v) is 5.39. The first kappa shape index (κ1) is 15.0. The minimum absolute atomic E-state index is 0.482. The largest absolute Gasteiger partial charge is 0.119 e. The molecule has 0 unspecified atom stereocenters. The van der Waals surface area contributed by atoms with Gasteiger partial charge in [0.15, 0.2) is 0 Å². The first-order valence-corrected chi connectivity index (χ1v) is 7.14. The van der Waals surface area contributed by atoms with Gasteiger partial charge in [-0.05, 0) is 31.9 Å². The van der Waals surface area contributed by atoms with E-state index in [0.29, 0.717) is 6.42 Å². The molecule has 21 heavy (non-hydrogen) atoms. The van der Waals surface area contributed by atoms with Gasteiger partial charge in [0, 0.05) is 6.42 Å². The Morgan fingerprint density at radius 3 is 1.62 bits per heavy atom. The molecular formula is C21H20. The monoisotopic (exact) mass is 272 g/mol. The molecule has 0 amide bonds. The SMILES string of the molecule is C#CC(CC#CC)(c1ccc(C)cc1)c1ccc(C)cc1. The van der Waals surface area contributed by atoms with Gasteiger partial charge in [-0.3, -0.25) is 0 Å². The molecule has 2 rings (SSSR count). The van der Waals surface area contributed by atoms with Crippen molar-refractivity contribution in [2.45, 2.75) is 32.6 Å². The highest BCUT2D eigenvalue weighted by Crippen LogP contribution is 2.35. The summed E-state index contributed by atoms with van der Waals surface area (Å²) in [5, 5.41) is 0. The summed E-state index contributed by atoms with van der Waals surface area (Å²) in [6.07, 6.45) is 6.60. The summed E-state index contributed by atoms with van der Waals surface area (Å²) >= 11 is 0. The molecule has 0 aliphatic carbocycles. The molecule has 2 aromatic rings. The molecule has 2 aromatic carbocycles. The third-order valence-electron chi connectivity index (χ3n) is 3.87. The average Bonchev–Trinajstić information content (AvgIpc) is 2.51. The topological polar surface area (TPSA) is 0 Å². The molecule has 0 spiro atoms. The maximum atomic E-state index is 5.97. The molecular weight excluding hydrogens is 252 g/mol. The summed E-state index contributed by atoms with van der Waals surface area (Å²) in [6, 6.07) is 16.9. The van der Waals surface area contributed by atoms with E-state index in [0.717, 1.165) is 11.1 Å². The summed E-state index contributed by atoms with van der Waals surface area (Å²) in [5.74, 6) is 9.17. The maximum Gasteiger partial charge on any atom is 0.0918 e. The van der Waals surface area contributed by atoms with Crippen molar-refractivity contribution in [1.29, 1.82) is 0 Å². The van der Waals surface area contributed by atoms with Crippen molar-refractivity contribution in [3.8, 4) is 24.2 Å². The molecule has 0 radical (unpaired) electrons. The average molecular weight is 272 g/mol. The van der Waals surface area contributed by atoms with Crippen molar-refractivity contribution in [2.75, 3.05) is 0 Å². The number of benzene rings is 2. The first-order chi connectivity index (χ1) is 10.1. The second kappa shape index (κ2) is 6.34. The van der Waals surface area contributed by atoms with Crippen LogP contribution in [0.15, 0.2) is 48.5 Å². The van der Waals surface area contributed by atoms with E-state index >= 15 is 0 Å². The predicted molar refractivity (Wildman–Crippen MR) is 90.0 cm³/mol. The smallest absolute Gasteiger partial charge is 0.0918 e. The first-order valence-electron chi connectivity index (χ1n) is 7.14. The van der Waals surface area contributed by atoms with E-state index in [-0.39, 0.29) is 0 Å². The molecule has 0 bridgehead atoms. The third-order valence-corrected chi connectivity index (χ3v) is 3.87. The van der Waals surface area contributed by atoms with Crippen LogP contribution in [0.1, 0.15) is 35.6 Å². The number of hydrogen-bond donors (Lipinski definition) is 0. The fourth-order valence-corrected chi connectivity index (χ4v) is 2.49. The Hall–Kier alpha value is -2.44. The lowest BCUT2D eigenvalue weighted by Gasteiger charge is -2.28. The van der Waals surface area contributed by atoms with Crippen LogP contribution in [0.4, 0.5) is 0 Å². The van der Waals surface area contributed by atoms with E-state index in [1.54, 1.807) is 0 Å². The third kappa shape index (κ3) is 3.01. The van der Waals surface area contributed by atoms with Gasteiger partial charge in [0.2, 0.25) is 0 Å². The van der Waals surface area contributed by atoms with Crippen LogP contribution in [0.3, 0.4) is 0 Å². The standard InChI is InChI=1S/C21H20/c1-5-7-16-21(6-2,19-12-8-17(3)9-13-19)20-14-10-18(4)11-15-20/h2,8-15H,16H2,1,3-4H3. The van der Waals surface area contributed by atoms with Crippen LogP contribution < -0.4 is 0 Å². The number of rotatable bonds is 3. The van der Waals surface area contributed by atoms with Crippen LogP contribution in [-0.4, -0.2) is 0 Å². The molecule has 0 fully saturated rings. The minimum Gasteiger partial charge on any atom is -0.119 e. The molecule has 0 saturated heterocycles.